The van der Waals surface area contributed by atoms with Gasteiger partial charge in [-0.3, -0.25) is 0 Å². The normalized spacial score (nSPS) is 12.1. The second-order valence-corrected chi connectivity index (χ2v) is 1.61. The Morgan fingerprint density at radius 1 is 1.86 bits per heavy atom. The van der Waals surface area contributed by atoms with Crippen LogP contribution < -0.4 is 0 Å². The summed E-state index contributed by atoms with van der Waals surface area (Å²) in [4.78, 5) is 0. The molecular formula is C4H5Cl2O. The maximum absolute atomic E-state index is 5.33. The molecule has 0 aromatic heterocycles. The van der Waals surface area contributed by atoms with E-state index in [2.05, 4.69) is 11.8 Å². The van der Waals surface area contributed by atoms with E-state index in [9.17, 15) is 0 Å². The highest BCUT2D eigenvalue weighted by Gasteiger charge is 1.84. The Kier molecular flexibility index (Phi) is 4.62. The number of hydrogen-bond donors (Lipinski definition) is 0. The molecule has 0 aliphatic carbocycles. The lowest BCUT2D eigenvalue weighted by molar-refractivity contribution is 0.278. The van der Waals surface area contributed by atoms with E-state index in [0.717, 1.165) is 0 Å². The van der Waals surface area contributed by atoms with E-state index in [1.54, 1.807) is 0 Å². The molecule has 7 heavy (non-hydrogen) atoms. The predicted molar refractivity (Wildman–Crippen MR) is 31.1 cm³/mol. The highest BCUT2D eigenvalue weighted by molar-refractivity contribution is 6.36. The Morgan fingerprint density at radius 3 is 2.57 bits per heavy atom. The molecule has 0 bridgehead atoms. The molecule has 0 N–H and O–H groups in total. The summed E-state index contributed by atoms with van der Waals surface area (Å²) in [5.41, 5.74) is 1.24. The molecule has 41 valence electrons. The van der Waals surface area contributed by atoms with Gasteiger partial charge in [-0.25, -0.2) is 0 Å². The SMILES string of the molecule is [CH2]OC/C(Cl)=C/Cl. The van der Waals surface area contributed by atoms with Crippen LogP contribution in [-0.4, -0.2) is 6.61 Å². The average molecular weight is 140 g/mol. The minimum atomic E-state index is 0.283. The molecule has 0 spiro atoms. The maximum atomic E-state index is 5.33. The van der Waals surface area contributed by atoms with Crippen LogP contribution in [0.2, 0.25) is 0 Å². The molecule has 0 aliphatic heterocycles. The zero-order chi connectivity index (χ0) is 5.70. The number of rotatable bonds is 2. The Labute approximate surface area is 52.9 Å². The monoisotopic (exact) mass is 139 g/mol. The highest BCUT2D eigenvalue weighted by atomic mass is 35.5. The first-order chi connectivity index (χ1) is 3.31. The molecule has 0 aromatic carbocycles. The van der Waals surface area contributed by atoms with Crippen LogP contribution in [0.4, 0.5) is 0 Å². The van der Waals surface area contributed by atoms with Crippen molar-refractivity contribution in [1.82, 2.24) is 0 Å². The van der Waals surface area contributed by atoms with Crippen LogP contribution in [0.25, 0.3) is 0 Å². The van der Waals surface area contributed by atoms with Crippen molar-refractivity contribution in [2.24, 2.45) is 0 Å². The minimum absolute atomic E-state index is 0.283. The van der Waals surface area contributed by atoms with Gasteiger partial charge in [-0.15, -0.1) is 0 Å². The molecule has 1 nitrogen and oxygen atoms in total. The van der Waals surface area contributed by atoms with Gasteiger partial charge in [0.2, 0.25) is 0 Å². The van der Waals surface area contributed by atoms with Crippen molar-refractivity contribution in [3.8, 4) is 0 Å². The van der Waals surface area contributed by atoms with Gasteiger partial charge in [-0.05, 0) is 0 Å². The fourth-order valence-corrected chi connectivity index (χ4v) is 0.269. The maximum Gasteiger partial charge on any atom is 0.0833 e. The van der Waals surface area contributed by atoms with Crippen molar-refractivity contribution in [2.75, 3.05) is 6.61 Å². The van der Waals surface area contributed by atoms with E-state index in [1.165, 1.54) is 5.54 Å². The third-order valence-corrected chi connectivity index (χ3v) is 0.952. The molecule has 1 radical (unpaired) electrons. The van der Waals surface area contributed by atoms with E-state index in [4.69, 9.17) is 23.2 Å². The summed E-state index contributed by atoms with van der Waals surface area (Å²) in [5, 5.41) is 0.455. The van der Waals surface area contributed by atoms with Crippen molar-refractivity contribution < 1.29 is 4.74 Å². The number of hydrogen-bond acceptors (Lipinski definition) is 1. The Hall–Kier alpha value is 0.280. The van der Waals surface area contributed by atoms with Crippen LogP contribution in [0.1, 0.15) is 0 Å². The van der Waals surface area contributed by atoms with Gasteiger partial charge in [0.1, 0.15) is 0 Å². The van der Waals surface area contributed by atoms with Crippen LogP contribution in [0.3, 0.4) is 0 Å². The Balaban J connectivity index is 3.17. The molecule has 0 amide bonds. The summed E-state index contributed by atoms with van der Waals surface area (Å²) in [7, 11) is 3.09. The number of ether oxygens (including phenoxy) is 1. The van der Waals surface area contributed by atoms with Crippen molar-refractivity contribution >= 4 is 23.2 Å². The first-order valence-electron chi connectivity index (χ1n) is 1.63. The van der Waals surface area contributed by atoms with Crippen LogP contribution in [0.5, 0.6) is 0 Å². The summed E-state index contributed by atoms with van der Waals surface area (Å²) in [6.07, 6.45) is 0. The van der Waals surface area contributed by atoms with Crippen LogP contribution in [-0.2, 0) is 4.74 Å². The Bertz CT molecular complexity index is 70.1. The molecule has 0 rings (SSSR count). The van der Waals surface area contributed by atoms with Crippen LogP contribution in [0.15, 0.2) is 10.6 Å². The summed E-state index contributed by atoms with van der Waals surface area (Å²) >= 11 is 10.5. The lowest BCUT2D eigenvalue weighted by atomic mass is 10.7. The zero-order valence-corrected chi connectivity index (χ0v) is 5.17. The fourth-order valence-electron chi connectivity index (χ4n) is 0.129. The van der Waals surface area contributed by atoms with Gasteiger partial charge in [0.05, 0.1) is 18.7 Å². The molecule has 0 atom stereocenters. The topological polar surface area (TPSA) is 9.23 Å². The van der Waals surface area contributed by atoms with Gasteiger partial charge >= 0.3 is 0 Å². The second-order valence-electron chi connectivity index (χ2n) is 0.904. The molecule has 0 saturated heterocycles. The standard InChI is InChI=1S/C4H5Cl2O/c1-7-3-4(6)2-5/h2H,1,3H2/b4-2-. The molecule has 0 saturated carbocycles. The molecule has 0 heterocycles. The summed E-state index contributed by atoms with van der Waals surface area (Å²) in [5.74, 6) is 0. The predicted octanol–water partition coefficient (Wildman–Crippen LogP) is 2.11. The Morgan fingerprint density at radius 2 is 2.43 bits per heavy atom. The number of halogens is 2. The second kappa shape index (κ2) is 4.44. The summed E-state index contributed by atoms with van der Waals surface area (Å²) in [6, 6.07) is 0. The van der Waals surface area contributed by atoms with Crippen LogP contribution >= 0.6 is 23.2 Å². The van der Waals surface area contributed by atoms with Crippen LogP contribution in [0, 0.1) is 7.11 Å². The average Bonchev–Trinajstić information content (AvgIpc) is 1.68. The molecule has 0 unspecified atom stereocenters. The lowest BCUT2D eigenvalue weighted by Crippen LogP contribution is -1.82. The van der Waals surface area contributed by atoms with Gasteiger partial charge in [0.15, 0.2) is 0 Å². The summed E-state index contributed by atoms with van der Waals surface area (Å²) < 4.78 is 4.36. The minimum Gasteiger partial charge on any atom is -0.373 e. The quantitative estimate of drug-likeness (QED) is 0.570. The molecule has 0 aliphatic rings. The van der Waals surface area contributed by atoms with Gasteiger partial charge in [0.25, 0.3) is 0 Å². The van der Waals surface area contributed by atoms with E-state index >= 15 is 0 Å². The summed E-state index contributed by atoms with van der Waals surface area (Å²) in [6.45, 7) is 0.283. The first kappa shape index (κ1) is 7.28. The smallest absolute Gasteiger partial charge is 0.0833 e. The largest absolute Gasteiger partial charge is 0.373 e. The lowest BCUT2D eigenvalue weighted by Gasteiger charge is -1.89. The van der Waals surface area contributed by atoms with Crippen molar-refractivity contribution in [3.63, 3.8) is 0 Å². The van der Waals surface area contributed by atoms with E-state index < -0.39 is 0 Å². The third-order valence-electron chi connectivity index (χ3n) is 0.358. The van der Waals surface area contributed by atoms with Gasteiger partial charge in [-0.1, -0.05) is 23.2 Å². The first-order valence-corrected chi connectivity index (χ1v) is 2.44. The zero-order valence-electron chi connectivity index (χ0n) is 3.66. The van der Waals surface area contributed by atoms with Gasteiger partial charge in [0, 0.05) is 5.54 Å². The molecular weight excluding hydrogens is 135 g/mol. The van der Waals surface area contributed by atoms with Crippen molar-refractivity contribution in [2.45, 2.75) is 0 Å². The molecule has 3 heteroatoms. The van der Waals surface area contributed by atoms with E-state index in [0.29, 0.717) is 5.03 Å². The molecule has 0 aromatic rings. The highest BCUT2D eigenvalue weighted by Crippen LogP contribution is 2.01. The third kappa shape index (κ3) is 4.13. The van der Waals surface area contributed by atoms with Crippen molar-refractivity contribution in [3.05, 3.63) is 17.7 Å². The van der Waals surface area contributed by atoms with Crippen molar-refractivity contribution in [1.29, 1.82) is 0 Å². The van der Waals surface area contributed by atoms with Gasteiger partial charge in [-0.2, -0.15) is 0 Å². The van der Waals surface area contributed by atoms with Gasteiger partial charge < -0.3 is 4.74 Å². The van der Waals surface area contributed by atoms with E-state index in [1.807, 2.05) is 0 Å². The molecule has 0 fully saturated rings. The van der Waals surface area contributed by atoms with E-state index in [-0.39, 0.29) is 6.61 Å². The fraction of sp³-hybridized carbons (Fsp3) is 0.250.